The molecule has 1 unspecified atom stereocenters. The summed E-state index contributed by atoms with van der Waals surface area (Å²) in [5, 5.41) is 9.89. The summed E-state index contributed by atoms with van der Waals surface area (Å²) in [5.74, 6) is 0. The molecule has 1 atom stereocenters. The van der Waals surface area contributed by atoms with Crippen LogP contribution < -0.4 is 0 Å². The van der Waals surface area contributed by atoms with Gasteiger partial charge in [-0.15, -0.1) is 0 Å². The van der Waals surface area contributed by atoms with E-state index in [1.54, 1.807) is 0 Å². The van der Waals surface area contributed by atoms with E-state index in [0.29, 0.717) is 0 Å². The molecule has 21 heavy (non-hydrogen) atoms. The van der Waals surface area contributed by atoms with E-state index < -0.39 is 0 Å². The van der Waals surface area contributed by atoms with E-state index >= 15 is 0 Å². The molecule has 0 aromatic carbocycles. The molecule has 0 fully saturated rings. The average molecular weight is 299 g/mol. The Hall–Kier alpha value is -0.0400. The molecule has 0 aromatic heterocycles. The van der Waals surface area contributed by atoms with Crippen molar-refractivity contribution in [2.75, 3.05) is 0 Å². The number of rotatable bonds is 17. The van der Waals surface area contributed by atoms with Gasteiger partial charge in [0, 0.05) is 0 Å². The predicted octanol–water partition coefficient (Wildman–Crippen LogP) is 7.02. The van der Waals surface area contributed by atoms with Crippen LogP contribution in [-0.4, -0.2) is 11.2 Å². The third-order valence-corrected chi connectivity index (χ3v) is 4.53. The van der Waals surface area contributed by atoms with Gasteiger partial charge in [-0.2, -0.15) is 0 Å². The number of hydrogen-bond donors (Lipinski definition) is 1. The van der Waals surface area contributed by atoms with Crippen LogP contribution in [0, 0.1) is 0 Å². The van der Waals surface area contributed by atoms with Crippen LogP contribution >= 0.6 is 0 Å². The lowest BCUT2D eigenvalue weighted by molar-refractivity contribution is 0.147. The fraction of sp³-hybridized carbons (Fsp3) is 1.00. The molecule has 1 heteroatoms. The molecule has 0 aliphatic carbocycles. The zero-order valence-corrected chi connectivity index (χ0v) is 15.0. The monoisotopic (exact) mass is 298 g/mol. The fourth-order valence-corrected chi connectivity index (χ4v) is 3.00. The molecule has 0 aliphatic rings. The van der Waals surface area contributed by atoms with Gasteiger partial charge in [-0.1, -0.05) is 110 Å². The first-order valence-electron chi connectivity index (χ1n) is 9.99. The molecule has 128 valence electrons. The predicted molar refractivity (Wildman–Crippen MR) is 95.8 cm³/mol. The molecular weight excluding hydrogens is 256 g/mol. The highest BCUT2D eigenvalue weighted by molar-refractivity contribution is 4.57. The lowest BCUT2D eigenvalue weighted by Gasteiger charge is -2.10. The van der Waals surface area contributed by atoms with Crippen molar-refractivity contribution in [1.82, 2.24) is 0 Å². The summed E-state index contributed by atoms with van der Waals surface area (Å²) in [6.07, 6.45) is 22.4. The largest absolute Gasteiger partial charge is 0.393 e. The summed E-state index contributed by atoms with van der Waals surface area (Å²) in [6, 6.07) is 0. The maximum Gasteiger partial charge on any atom is 0.0540 e. The molecule has 0 aromatic rings. The normalized spacial score (nSPS) is 12.7. The van der Waals surface area contributed by atoms with Crippen molar-refractivity contribution < 1.29 is 5.11 Å². The van der Waals surface area contributed by atoms with Gasteiger partial charge in [0.2, 0.25) is 0 Å². The molecule has 0 amide bonds. The topological polar surface area (TPSA) is 20.2 Å². The summed E-state index contributed by atoms with van der Waals surface area (Å²) in [7, 11) is 0. The number of aliphatic hydroxyl groups is 1. The van der Waals surface area contributed by atoms with Crippen molar-refractivity contribution in [3.63, 3.8) is 0 Å². The Kier molecular flexibility index (Phi) is 18.0. The molecule has 0 rings (SSSR count). The van der Waals surface area contributed by atoms with Crippen LogP contribution in [0.5, 0.6) is 0 Å². The molecular formula is C20H42O. The minimum absolute atomic E-state index is 0.0274. The highest BCUT2D eigenvalue weighted by Crippen LogP contribution is 2.14. The Morgan fingerprint density at radius 1 is 0.476 bits per heavy atom. The van der Waals surface area contributed by atoms with Gasteiger partial charge in [0.1, 0.15) is 0 Å². The molecule has 0 saturated heterocycles. The summed E-state index contributed by atoms with van der Waals surface area (Å²) < 4.78 is 0. The van der Waals surface area contributed by atoms with Gasteiger partial charge in [-0.05, 0) is 12.8 Å². The molecule has 1 nitrogen and oxygen atoms in total. The van der Waals surface area contributed by atoms with Gasteiger partial charge < -0.3 is 5.11 Å². The van der Waals surface area contributed by atoms with Crippen molar-refractivity contribution in [2.24, 2.45) is 0 Å². The van der Waals surface area contributed by atoms with Gasteiger partial charge in [0.25, 0.3) is 0 Å². The van der Waals surface area contributed by atoms with Crippen LogP contribution in [0.25, 0.3) is 0 Å². The van der Waals surface area contributed by atoms with E-state index in [-0.39, 0.29) is 6.10 Å². The second-order valence-electron chi connectivity index (χ2n) is 6.83. The Labute approximate surface area is 134 Å². The molecule has 0 saturated carbocycles. The van der Waals surface area contributed by atoms with Crippen LogP contribution in [0.15, 0.2) is 0 Å². The highest BCUT2D eigenvalue weighted by Gasteiger charge is 2.03. The Morgan fingerprint density at radius 2 is 0.762 bits per heavy atom. The fourth-order valence-electron chi connectivity index (χ4n) is 3.00. The quantitative estimate of drug-likeness (QED) is 0.286. The number of hydrogen-bond acceptors (Lipinski definition) is 1. The molecule has 0 aliphatic heterocycles. The third-order valence-electron chi connectivity index (χ3n) is 4.53. The minimum Gasteiger partial charge on any atom is -0.393 e. The van der Waals surface area contributed by atoms with Crippen LogP contribution in [0.3, 0.4) is 0 Å². The lowest BCUT2D eigenvalue weighted by Crippen LogP contribution is -2.05. The maximum atomic E-state index is 9.89. The van der Waals surface area contributed by atoms with E-state index in [9.17, 15) is 5.11 Å². The standard InChI is InChI=1S/C20H42O/c1-3-5-7-9-10-11-12-13-14-15-17-19-20(21)18-16-8-6-4-2/h20-21H,3-19H2,1-2H3. The molecule has 0 heterocycles. The zero-order valence-electron chi connectivity index (χ0n) is 15.0. The van der Waals surface area contributed by atoms with E-state index in [2.05, 4.69) is 13.8 Å². The Morgan fingerprint density at radius 3 is 1.14 bits per heavy atom. The summed E-state index contributed by atoms with van der Waals surface area (Å²) in [6.45, 7) is 4.52. The van der Waals surface area contributed by atoms with Gasteiger partial charge in [0.05, 0.1) is 6.10 Å². The van der Waals surface area contributed by atoms with E-state index in [1.165, 1.54) is 96.3 Å². The summed E-state index contributed by atoms with van der Waals surface area (Å²) in [5.41, 5.74) is 0. The minimum atomic E-state index is -0.0274. The van der Waals surface area contributed by atoms with Crippen molar-refractivity contribution in [1.29, 1.82) is 0 Å². The SMILES string of the molecule is CCCCCCCCCCCCCC(O)CCCCCC. The molecule has 0 radical (unpaired) electrons. The average Bonchev–Trinajstić information content (AvgIpc) is 2.49. The molecule has 0 bridgehead atoms. The first-order valence-corrected chi connectivity index (χ1v) is 9.99. The highest BCUT2D eigenvalue weighted by atomic mass is 16.3. The van der Waals surface area contributed by atoms with Crippen LogP contribution in [-0.2, 0) is 0 Å². The van der Waals surface area contributed by atoms with Gasteiger partial charge in [0.15, 0.2) is 0 Å². The smallest absolute Gasteiger partial charge is 0.0540 e. The second-order valence-corrected chi connectivity index (χ2v) is 6.83. The molecule has 1 N–H and O–H groups in total. The third kappa shape index (κ3) is 17.9. The Bertz CT molecular complexity index is 179. The van der Waals surface area contributed by atoms with Crippen molar-refractivity contribution in [3.05, 3.63) is 0 Å². The summed E-state index contributed by atoms with van der Waals surface area (Å²) in [4.78, 5) is 0. The van der Waals surface area contributed by atoms with Gasteiger partial charge >= 0.3 is 0 Å². The Balaban J connectivity index is 3.07. The number of unbranched alkanes of at least 4 members (excludes halogenated alkanes) is 13. The summed E-state index contributed by atoms with van der Waals surface area (Å²) >= 11 is 0. The first-order chi connectivity index (χ1) is 10.3. The number of aliphatic hydroxyl groups excluding tert-OH is 1. The van der Waals surface area contributed by atoms with Crippen LogP contribution in [0.4, 0.5) is 0 Å². The van der Waals surface area contributed by atoms with Crippen LogP contribution in [0.1, 0.15) is 123 Å². The van der Waals surface area contributed by atoms with E-state index in [1.807, 2.05) is 0 Å². The van der Waals surface area contributed by atoms with Crippen molar-refractivity contribution in [3.8, 4) is 0 Å². The van der Waals surface area contributed by atoms with E-state index in [4.69, 9.17) is 0 Å². The van der Waals surface area contributed by atoms with E-state index in [0.717, 1.165) is 12.8 Å². The lowest BCUT2D eigenvalue weighted by atomic mass is 10.0. The molecule has 0 spiro atoms. The van der Waals surface area contributed by atoms with Crippen molar-refractivity contribution >= 4 is 0 Å². The van der Waals surface area contributed by atoms with Gasteiger partial charge in [-0.25, -0.2) is 0 Å². The zero-order chi connectivity index (χ0) is 15.6. The second kappa shape index (κ2) is 18.0. The van der Waals surface area contributed by atoms with Crippen molar-refractivity contribution in [2.45, 2.75) is 129 Å². The maximum absolute atomic E-state index is 9.89. The van der Waals surface area contributed by atoms with Gasteiger partial charge in [-0.3, -0.25) is 0 Å². The van der Waals surface area contributed by atoms with Crippen LogP contribution in [0.2, 0.25) is 0 Å². The first kappa shape index (κ1) is 21.0.